The van der Waals surface area contributed by atoms with Crippen LogP contribution in [-0.2, 0) is 11.2 Å². The third-order valence-corrected chi connectivity index (χ3v) is 6.45. The molecule has 0 spiro atoms. The van der Waals surface area contributed by atoms with Gasteiger partial charge in [-0.25, -0.2) is 4.98 Å². The molecule has 34 heavy (non-hydrogen) atoms. The maximum absolute atomic E-state index is 12.6. The van der Waals surface area contributed by atoms with Crippen LogP contribution in [0, 0.1) is 13.8 Å². The molecule has 178 valence electrons. The lowest BCUT2D eigenvalue weighted by Gasteiger charge is -2.35. The van der Waals surface area contributed by atoms with Crippen molar-refractivity contribution < 1.29 is 4.79 Å². The second kappa shape index (κ2) is 10.6. The maximum atomic E-state index is 12.6. The molecule has 1 aliphatic rings. The predicted octanol–water partition coefficient (Wildman–Crippen LogP) is 3.16. The molecule has 0 unspecified atom stereocenters. The number of carbonyl (C=O) groups excluding carboxylic acids is 1. The highest BCUT2D eigenvalue weighted by Crippen LogP contribution is 2.24. The number of nitrogens with zero attached hydrogens (tertiary/aromatic N) is 4. The fraction of sp³-hybridized carbons (Fsp3) is 0.385. The van der Waals surface area contributed by atoms with Crippen molar-refractivity contribution in [1.29, 1.82) is 0 Å². The summed E-state index contributed by atoms with van der Waals surface area (Å²) >= 11 is 0. The Balaban J connectivity index is 1.36. The summed E-state index contributed by atoms with van der Waals surface area (Å²) in [5, 5.41) is 3.00. The Morgan fingerprint density at radius 3 is 2.47 bits per heavy atom. The van der Waals surface area contributed by atoms with E-state index in [1.807, 2.05) is 13.0 Å². The van der Waals surface area contributed by atoms with Gasteiger partial charge < -0.3 is 20.1 Å². The van der Waals surface area contributed by atoms with Crippen LogP contribution in [0.3, 0.4) is 0 Å². The van der Waals surface area contributed by atoms with Crippen molar-refractivity contribution in [3.63, 3.8) is 0 Å². The van der Waals surface area contributed by atoms with E-state index in [2.05, 4.69) is 49.1 Å². The molecule has 1 saturated heterocycles. The molecule has 0 saturated carbocycles. The smallest absolute Gasteiger partial charge is 0.254 e. The number of nitrogens with one attached hydrogen (secondary N) is 2. The van der Waals surface area contributed by atoms with Crippen molar-refractivity contribution in [3.8, 4) is 11.4 Å². The van der Waals surface area contributed by atoms with Gasteiger partial charge in [0.05, 0.1) is 0 Å². The standard InChI is InChI=1S/C26H32N6O2/c1-4-31-13-15-32(16-14-31)21-5-7-23(18(2)17-21)29-24(33)8-6-22-19(3)28-25(30-26(22)34)20-9-11-27-12-10-20/h5,7,9-12,17H,4,6,8,13-16H2,1-3H3,(H,29,33)(H,28,30,34). The largest absolute Gasteiger partial charge is 0.369 e. The minimum Gasteiger partial charge on any atom is -0.369 e. The summed E-state index contributed by atoms with van der Waals surface area (Å²) in [6.45, 7) is 11.3. The highest BCUT2D eigenvalue weighted by atomic mass is 16.1. The summed E-state index contributed by atoms with van der Waals surface area (Å²) in [6.07, 6.45) is 3.85. The lowest BCUT2D eigenvalue weighted by Crippen LogP contribution is -2.46. The quantitative estimate of drug-likeness (QED) is 0.563. The number of anilines is 2. The van der Waals surface area contributed by atoms with E-state index in [9.17, 15) is 9.59 Å². The molecule has 3 aromatic rings. The number of amides is 1. The van der Waals surface area contributed by atoms with Crippen molar-refractivity contribution in [2.45, 2.75) is 33.6 Å². The van der Waals surface area contributed by atoms with Crippen LogP contribution in [0.1, 0.15) is 30.2 Å². The van der Waals surface area contributed by atoms with Crippen molar-refractivity contribution >= 4 is 17.3 Å². The number of rotatable bonds is 7. The Morgan fingerprint density at radius 1 is 1.09 bits per heavy atom. The molecule has 1 amide bonds. The summed E-state index contributed by atoms with van der Waals surface area (Å²) < 4.78 is 0. The number of pyridine rings is 1. The third-order valence-electron chi connectivity index (χ3n) is 6.45. The molecule has 0 atom stereocenters. The molecule has 8 nitrogen and oxygen atoms in total. The van der Waals surface area contributed by atoms with Gasteiger partial charge in [-0.3, -0.25) is 14.6 Å². The number of aromatic amines is 1. The highest BCUT2D eigenvalue weighted by Gasteiger charge is 2.17. The Labute approximate surface area is 200 Å². The number of aromatic nitrogens is 3. The van der Waals surface area contributed by atoms with Gasteiger partial charge in [-0.1, -0.05) is 6.92 Å². The molecule has 2 N–H and O–H groups in total. The number of aryl methyl sites for hydroxylation is 2. The zero-order valence-corrected chi connectivity index (χ0v) is 20.1. The lowest BCUT2D eigenvalue weighted by molar-refractivity contribution is -0.116. The second-order valence-electron chi connectivity index (χ2n) is 8.68. The van der Waals surface area contributed by atoms with E-state index < -0.39 is 0 Å². The number of carbonyl (C=O) groups is 1. The van der Waals surface area contributed by atoms with Crippen LogP contribution in [0.2, 0.25) is 0 Å². The first-order valence-electron chi connectivity index (χ1n) is 11.8. The van der Waals surface area contributed by atoms with Crippen molar-refractivity contribution in [2.24, 2.45) is 0 Å². The van der Waals surface area contributed by atoms with Gasteiger partial charge in [0.15, 0.2) is 0 Å². The van der Waals surface area contributed by atoms with Crippen molar-refractivity contribution in [1.82, 2.24) is 19.9 Å². The monoisotopic (exact) mass is 460 g/mol. The van der Waals surface area contributed by atoms with Crippen LogP contribution in [-0.4, -0.2) is 58.5 Å². The van der Waals surface area contributed by atoms with Crippen LogP contribution >= 0.6 is 0 Å². The van der Waals surface area contributed by atoms with E-state index in [1.165, 1.54) is 5.69 Å². The molecule has 1 aliphatic heterocycles. The summed E-state index contributed by atoms with van der Waals surface area (Å²) in [7, 11) is 0. The van der Waals surface area contributed by atoms with E-state index in [4.69, 9.17) is 0 Å². The van der Waals surface area contributed by atoms with Crippen molar-refractivity contribution in [3.05, 3.63) is 69.9 Å². The minimum atomic E-state index is -0.212. The fourth-order valence-corrected chi connectivity index (χ4v) is 4.31. The molecular weight excluding hydrogens is 428 g/mol. The second-order valence-corrected chi connectivity index (χ2v) is 8.68. The molecule has 0 aliphatic carbocycles. The first-order valence-corrected chi connectivity index (χ1v) is 11.8. The van der Waals surface area contributed by atoms with Gasteiger partial charge in [0.2, 0.25) is 5.91 Å². The fourth-order valence-electron chi connectivity index (χ4n) is 4.31. The molecule has 0 radical (unpaired) electrons. The molecule has 1 aromatic carbocycles. The van der Waals surface area contributed by atoms with Crippen LogP contribution in [0.5, 0.6) is 0 Å². The van der Waals surface area contributed by atoms with Gasteiger partial charge in [0.25, 0.3) is 5.56 Å². The van der Waals surface area contributed by atoms with Crippen LogP contribution < -0.4 is 15.8 Å². The number of piperazine rings is 1. The topological polar surface area (TPSA) is 94.2 Å². The van der Waals surface area contributed by atoms with Crippen molar-refractivity contribution in [2.75, 3.05) is 42.9 Å². The van der Waals surface area contributed by atoms with Crippen LogP contribution in [0.4, 0.5) is 11.4 Å². The zero-order chi connectivity index (χ0) is 24.1. The van der Waals surface area contributed by atoms with E-state index >= 15 is 0 Å². The molecular formula is C26H32N6O2. The van der Waals surface area contributed by atoms with E-state index in [1.54, 1.807) is 31.5 Å². The van der Waals surface area contributed by atoms with Gasteiger partial charge in [-0.15, -0.1) is 0 Å². The summed E-state index contributed by atoms with van der Waals surface area (Å²) in [5.74, 6) is 0.384. The lowest BCUT2D eigenvalue weighted by atomic mass is 10.1. The third kappa shape index (κ3) is 5.51. The molecule has 0 bridgehead atoms. The molecule has 1 fully saturated rings. The Hall–Kier alpha value is -3.52. The van der Waals surface area contributed by atoms with Gasteiger partial charge in [0.1, 0.15) is 5.82 Å². The van der Waals surface area contributed by atoms with Gasteiger partial charge >= 0.3 is 0 Å². The SMILES string of the molecule is CCN1CCN(c2ccc(NC(=O)CCc3c(C)nc(-c4ccncc4)[nH]c3=O)c(C)c2)CC1. The maximum Gasteiger partial charge on any atom is 0.254 e. The first-order chi connectivity index (χ1) is 16.4. The molecule has 2 aromatic heterocycles. The number of H-pyrrole nitrogens is 1. The molecule has 3 heterocycles. The number of hydrogen-bond acceptors (Lipinski definition) is 6. The van der Waals surface area contributed by atoms with Gasteiger partial charge in [-0.05, 0) is 62.7 Å². The van der Waals surface area contributed by atoms with E-state index in [-0.39, 0.29) is 17.9 Å². The van der Waals surface area contributed by atoms with Gasteiger partial charge in [-0.2, -0.15) is 0 Å². The predicted molar refractivity (Wildman–Crippen MR) is 135 cm³/mol. The summed E-state index contributed by atoms with van der Waals surface area (Å²) in [6, 6.07) is 9.76. The van der Waals surface area contributed by atoms with E-state index in [0.717, 1.165) is 49.5 Å². The number of benzene rings is 1. The Morgan fingerprint density at radius 2 is 1.82 bits per heavy atom. The number of likely N-dealkylation sites (N-methyl/N-ethyl adjacent to an activating group) is 1. The highest BCUT2D eigenvalue weighted by molar-refractivity contribution is 5.92. The summed E-state index contributed by atoms with van der Waals surface area (Å²) in [5.41, 5.74) is 4.77. The van der Waals surface area contributed by atoms with E-state index in [0.29, 0.717) is 23.5 Å². The summed E-state index contributed by atoms with van der Waals surface area (Å²) in [4.78, 5) is 41.5. The zero-order valence-electron chi connectivity index (χ0n) is 20.1. The minimum absolute atomic E-state index is 0.121. The van der Waals surface area contributed by atoms with Crippen LogP contribution in [0.15, 0.2) is 47.5 Å². The molecule has 4 rings (SSSR count). The average Bonchev–Trinajstić information content (AvgIpc) is 2.85. The van der Waals surface area contributed by atoms with Crippen LogP contribution in [0.25, 0.3) is 11.4 Å². The Kier molecular flexibility index (Phi) is 7.37. The van der Waals surface area contributed by atoms with Gasteiger partial charge in [0, 0.05) is 73.2 Å². The average molecular weight is 461 g/mol. The first kappa shape index (κ1) is 23.6. The number of hydrogen-bond donors (Lipinski definition) is 2. The Bertz CT molecular complexity index is 1200. The normalized spacial score (nSPS) is 14.3. The molecule has 8 heteroatoms.